The summed E-state index contributed by atoms with van der Waals surface area (Å²) >= 11 is 0. The van der Waals surface area contributed by atoms with Gasteiger partial charge in [-0.2, -0.15) is 0 Å². The molecule has 0 spiro atoms. The molecule has 43 heavy (non-hydrogen) atoms. The second-order valence-corrected chi connectivity index (χ2v) is 11.2. The number of hydrogen-bond donors (Lipinski definition) is 3. The Balaban J connectivity index is 1.34. The number of rotatable bonds is 12. The topological polar surface area (TPSA) is 114 Å². The first-order chi connectivity index (χ1) is 20.9. The maximum atomic E-state index is 13.6. The highest BCUT2D eigenvalue weighted by Crippen LogP contribution is 2.28. The number of aliphatic hydroxyl groups excluding tert-OH is 1. The van der Waals surface area contributed by atoms with Gasteiger partial charge in [-0.15, -0.1) is 0 Å². The number of aliphatic hydroxyl groups is 1. The second kappa shape index (κ2) is 14.0. The number of nitrogens with one attached hydrogen (secondary N) is 2. The number of hydrogen-bond acceptors (Lipinski definition) is 6. The lowest BCUT2D eigenvalue weighted by Gasteiger charge is -2.26. The van der Waals surface area contributed by atoms with Gasteiger partial charge in [0.1, 0.15) is 18.2 Å². The van der Waals surface area contributed by atoms with Gasteiger partial charge in [0, 0.05) is 0 Å². The molecule has 5 rings (SSSR count). The number of aryl methyl sites for hydroxylation is 1. The molecule has 0 saturated carbocycles. The molecule has 0 radical (unpaired) electrons. The van der Waals surface area contributed by atoms with Gasteiger partial charge in [0.15, 0.2) is 11.7 Å². The van der Waals surface area contributed by atoms with E-state index in [1.807, 2.05) is 111 Å². The summed E-state index contributed by atoms with van der Waals surface area (Å²) in [4.78, 5) is 30.9. The van der Waals surface area contributed by atoms with Crippen LogP contribution in [-0.4, -0.2) is 34.2 Å². The van der Waals surface area contributed by atoms with Crippen molar-refractivity contribution in [2.45, 2.75) is 57.9 Å². The third-order valence-corrected chi connectivity index (χ3v) is 7.35. The van der Waals surface area contributed by atoms with Crippen LogP contribution in [0.4, 0.5) is 4.79 Å². The Labute approximate surface area is 251 Å². The zero-order valence-corrected chi connectivity index (χ0v) is 24.4. The Morgan fingerprint density at radius 3 is 2.16 bits per heavy atom. The van der Waals surface area contributed by atoms with Gasteiger partial charge >= 0.3 is 6.09 Å². The summed E-state index contributed by atoms with van der Waals surface area (Å²) in [5, 5.41) is 19.2. The summed E-state index contributed by atoms with van der Waals surface area (Å²) < 4.78 is 11.4. The third kappa shape index (κ3) is 7.99. The highest BCUT2D eigenvalue weighted by atomic mass is 16.5. The molecule has 3 unspecified atom stereocenters. The average molecular weight is 580 g/mol. The molecule has 0 aliphatic carbocycles. The van der Waals surface area contributed by atoms with Crippen molar-refractivity contribution in [3.8, 4) is 0 Å². The molecule has 0 aliphatic rings. The van der Waals surface area contributed by atoms with E-state index < -0.39 is 30.2 Å². The van der Waals surface area contributed by atoms with Crippen LogP contribution in [0.3, 0.4) is 0 Å². The van der Waals surface area contributed by atoms with Crippen molar-refractivity contribution in [3.05, 3.63) is 114 Å². The Morgan fingerprint density at radius 2 is 1.49 bits per heavy atom. The number of carbonyl (C=O) groups excluding carboxylic acids is 2. The minimum absolute atomic E-state index is 0.0911. The molecule has 8 heteroatoms. The molecule has 2 amide bonds. The first-order valence-electron chi connectivity index (χ1n) is 14.6. The molecule has 0 fully saturated rings. The number of carbonyl (C=O) groups is 2. The van der Waals surface area contributed by atoms with E-state index in [0.29, 0.717) is 30.4 Å². The van der Waals surface area contributed by atoms with Crippen LogP contribution in [0.25, 0.3) is 21.9 Å². The molecule has 222 valence electrons. The van der Waals surface area contributed by atoms with Crippen LogP contribution in [-0.2, 0) is 22.6 Å². The lowest BCUT2D eigenvalue weighted by molar-refractivity contribution is -0.125. The van der Waals surface area contributed by atoms with E-state index in [1.165, 1.54) is 0 Å². The smallest absolute Gasteiger partial charge is 0.408 e. The first-order valence-corrected chi connectivity index (χ1v) is 14.6. The van der Waals surface area contributed by atoms with Crippen LogP contribution in [0, 0.1) is 5.92 Å². The van der Waals surface area contributed by atoms with E-state index in [4.69, 9.17) is 9.15 Å². The SMILES string of the molecule is CC(C)CC(NC(=O)OCc1ccccc1)C(=O)NC(CCc1ccccc1)C(O)c1nc2cc3ccccc3cc2o1. The van der Waals surface area contributed by atoms with Crippen molar-refractivity contribution in [2.75, 3.05) is 0 Å². The number of ether oxygens (including phenoxy) is 1. The molecule has 1 aromatic heterocycles. The number of alkyl carbamates (subject to hydrolysis) is 1. The number of amides is 2. The summed E-state index contributed by atoms with van der Waals surface area (Å²) in [5.74, 6) is -0.173. The monoisotopic (exact) mass is 579 g/mol. The van der Waals surface area contributed by atoms with Crippen molar-refractivity contribution >= 4 is 33.9 Å². The molecular weight excluding hydrogens is 542 g/mol. The number of benzene rings is 4. The van der Waals surface area contributed by atoms with Crippen molar-refractivity contribution in [3.63, 3.8) is 0 Å². The van der Waals surface area contributed by atoms with Gasteiger partial charge < -0.3 is 24.9 Å². The highest BCUT2D eigenvalue weighted by Gasteiger charge is 2.31. The maximum Gasteiger partial charge on any atom is 0.408 e. The number of oxazole rings is 1. The van der Waals surface area contributed by atoms with Crippen LogP contribution in [0.15, 0.2) is 101 Å². The minimum Gasteiger partial charge on any atom is -0.445 e. The van der Waals surface area contributed by atoms with E-state index in [0.717, 1.165) is 21.9 Å². The van der Waals surface area contributed by atoms with E-state index >= 15 is 0 Å². The van der Waals surface area contributed by atoms with Gasteiger partial charge in [-0.1, -0.05) is 98.8 Å². The fourth-order valence-electron chi connectivity index (χ4n) is 5.10. The van der Waals surface area contributed by atoms with E-state index in [-0.39, 0.29) is 18.4 Å². The van der Waals surface area contributed by atoms with Crippen molar-refractivity contribution in [1.82, 2.24) is 15.6 Å². The minimum atomic E-state index is -1.21. The normalized spacial score (nSPS) is 13.5. The second-order valence-electron chi connectivity index (χ2n) is 11.2. The lowest BCUT2D eigenvalue weighted by Crippen LogP contribution is -2.51. The fraction of sp³-hybridized carbons (Fsp3) is 0.286. The van der Waals surface area contributed by atoms with Crippen molar-refractivity contribution < 1.29 is 23.8 Å². The van der Waals surface area contributed by atoms with Crippen molar-refractivity contribution in [2.24, 2.45) is 5.92 Å². The molecule has 5 aromatic rings. The van der Waals surface area contributed by atoms with Gasteiger partial charge in [0.05, 0.1) is 6.04 Å². The number of aromatic nitrogens is 1. The van der Waals surface area contributed by atoms with E-state index in [1.54, 1.807) is 0 Å². The molecule has 0 bridgehead atoms. The molecule has 1 heterocycles. The average Bonchev–Trinajstić information content (AvgIpc) is 3.43. The van der Waals surface area contributed by atoms with Gasteiger partial charge in [-0.3, -0.25) is 4.79 Å². The Morgan fingerprint density at radius 1 is 0.860 bits per heavy atom. The molecule has 3 atom stereocenters. The fourth-order valence-corrected chi connectivity index (χ4v) is 5.10. The molecular formula is C35H37N3O5. The van der Waals surface area contributed by atoms with Crippen LogP contribution < -0.4 is 10.6 Å². The zero-order chi connectivity index (χ0) is 30.2. The highest BCUT2D eigenvalue weighted by molar-refractivity contribution is 5.94. The lowest BCUT2D eigenvalue weighted by atomic mass is 9.99. The van der Waals surface area contributed by atoms with Crippen LogP contribution in [0.1, 0.15) is 49.8 Å². The predicted molar refractivity (Wildman–Crippen MR) is 166 cm³/mol. The predicted octanol–water partition coefficient (Wildman–Crippen LogP) is 6.47. The standard InChI is InChI=1S/C35H37N3O5/c1-23(2)19-30(38-35(41)42-22-25-13-7-4-8-14-25)33(40)36-28(18-17-24-11-5-3-6-12-24)32(39)34-37-29-20-26-15-9-10-16-27(26)21-31(29)43-34/h3-16,20-21,23,28,30,32,39H,17-19,22H2,1-2H3,(H,36,40)(H,38,41). The molecule has 4 aromatic carbocycles. The summed E-state index contributed by atoms with van der Waals surface area (Å²) in [5.41, 5.74) is 3.10. The molecule has 8 nitrogen and oxygen atoms in total. The largest absolute Gasteiger partial charge is 0.445 e. The summed E-state index contributed by atoms with van der Waals surface area (Å²) in [7, 11) is 0. The van der Waals surface area contributed by atoms with Gasteiger partial charge in [-0.05, 0) is 59.2 Å². The number of nitrogens with zero attached hydrogens (tertiary/aromatic N) is 1. The summed E-state index contributed by atoms with van der Waals surface area (Å²) in [6.45, 7) is 4.04. The molecule has 3 N–H and O–H groups in total. The van der Waals surface area contributed by atoms with E-state index in [9.17, 15) is 14.7 Å². The Bertz CT molecular complexity index is 1600. The molecule has 0 aliphatic heterocycles. The van der Waals surface area contributed by atoms with Crippen LogP contribution >= 0.6 is 0 Å². The first kappa shape index (κ1) is 29.8. The van der Waals surface area contributed by atoms with Gasteiger partial charge in [0.2, 0.25) is 11.8 Å². The van der Waals surface area contributed by atoms with Crippen LogP contribution in [0.5, 0.6) is 0 Å². The quantitative estimate of drug-likeness (QED) is 0.156. The molecule has 0 saturated heterocycles. The summed E-state index contributed by atoms with van der Waals surface area (Å²) in [6.07, 6.45) is -0.479. The summed E-state index contributed by atoms with van der Waals surface area (Å²) in [6, 6.07) is 29.3. The van der Waals surface area contributed by atoms with Crippen LogP contribution in [0.2, 0.25) is 0 Å². The Hall–Kier alpha value is -4.69. The Kier molecular flexibility index (Phi) is 9.69. The zero-order valence-electron chi connectivity index (χ0n) is 24.4. The van der Waals surface area contributed by atoms with E-state index in [2.05, 4.69) is 15.6 Å². The third-order valence-electron chi connectivity index (χ3n) is 7.35. The maximum absolute atomic E-state index is 13.6. The van der Waals surface area contributed by atoms with Crippen molar-refractivity contribution in [1.29, 1.82) is 0 Å². The van der Waals surface area contributed by atoms with Gasteiger partial charge in [-0.25, -0.2) is 9.78 Å². The van der Waals surface area contributed by atoms with Gasteiger partial charge in [0.25, 0.3) is 0 Å². The number of fused-ring (bicyclic) bond motifs is 2.